The van der Waals surface area contributed by atoms with Crippen molar-refractivity contribution in [3.8, 4) is 0 Å². The first-order valence-corrected chi connectivity index (χ1v) is 5.26. The predicted octanol–water partition coefficient (Wildman–Crippen LogP) is 2.77. The van der Waals surface area contributed by atoms with Crippen LogP contribution in [-0.2, 0) is 13.5 Å². The largest absolute Gasteiger partial charge is 0.338 e. The number of benzene rings is 1. The zero-order valence-electron chi connectivity index (χ0n) is 7.94. The van der Waals surface area contributed by atoms with Gasteiger partial charge in [0.25, 0.3) is 0 Å². The normalized spacial score (nSPS) is 10.4. The monoisotopic (exact) mass is 250 g/mol. The van der Waals surface area contributed by atoms with Crippen LogP contribution in [0.2, 0.25) is 0 Å². The first kappa shape index (κ1) is 9.46. The molecule has 0 fully saturated rings. The van der Waals surface area contributed by atoms with Crippen molar-refractivity contribution in [2.24, 2.45) is 7.05 Å². The molecule has 72 valence electrons. The number of nitrogens with zero attached hydrogens (tertiary/aromatic N) is 2. The number of hydrogen-bond donors (Lipinski definition) is 0. The Balaban J connectivity index is 2.28. The number of rotatable bonds is 2. The minimum absolute atomic E-state index is 0.866. The van der Waals surface area contributed by atoms with Crippen LogP contribution in [0.15, 0.2) is 41.1 Å². The molecule has 1 heterocycles. The van der Waals surface area contributed by atoms with E-state index in [1.807, 2.05) is 36.1 Å². The smallest absolute Gasteiger partial charge is 0.112 e. The van der Waals surface area contributed by atoms with Crippen molar-refractivity contribution in [3.05, 3.63) is 52.5 Å². The topological polar surface area (TPSA) is 17.8 Å². The SMILES string of the molecule is Cn1ccnc1Cc1ccccc1Br. The van der Waals surface area contributed by atoms with Crippen molar-refractivity contribution >= 4 is 15.9 Å². The van der Waals surface area contributed by atoms with Crippen LogP contribution in [0.1, 0.15) is 11.4 Å². The van der Waals surface area contributed by atoms with E-state index >= 15 is 0 Å². The Morgan fingerprint density at radius 2 is 2.14 bits per heavy atom. The average Bonchev–Trinajstić information content (AvgIpc) is 2.56. The van der Waals surface area contributed by atoms with Crippen molar-refractivity contribution in [1.82, 2.24) is 9.55 Å². The third-order valence-corrected chi connectivity index (χ3v) is 3.00. The van der Waals surface area contributed by atoms with Crippen LogP contribution in [0.5, 0.6) is 0 Å². The van der Waals surface area contributed by atoms with Gasteiger partial charge in [-0.3, -0.25) is 0 Å². The van der Waals surface area contributed by atoms with Crippen LogP contribution in [0.25, 0.3) is 0 Å². The van der Waals surface area contributed by atoms with E-state index in [-0.39, 0.29) is 0 Å². The second kappa shape index (κ2) is 3.96. The highest BCUT2D eigenvalue weighted by Crippen LogP contribution is 2.18. The van der Waals surface area contributed by atoms with Gasteiger partial charge >= 0.3 is 0 Å². The summed E-state index contributed by atoms with van der Waals surface area (Å²) in [5, 5.41) is 0. The molecule has 0 N–H and O–H groups in total. The summed E-state index contributed by atoms with van der Waals surface area (Å²) in [6.07, 6.45) is 4.66. The molecule has 14 heavy (non-hydrogen) atoms. The molecule has 0 saturated heterocycles. The molecule has 0 atom stereocenters. The van der Waals surface area contributed by atoms with Gasteiger partial charge in [0.2, 0.25) is 0 Å². The molecular formula is C11H11BrN2. The molecule has 0 aliphatic carbocycles. The van der Waals surface area contributed by atoms with Gasteiger partial charge in [-0.05, 0) is 11.6 Å². The molecule has 0 radical (unpaired) electrons. The van der Waals surface area contributed by atoms with Crippen LogP contribution in [0.4, 0.5) is 0 Å². The Bertz CT molecular complexity index is 434. The Hall–Kier alpha value is -1.09. The van der Waals surface area contributed by atoms with E-state index in [2.05, 4.69) is 33.0 Å². The minimum Gasteiger partial charge on any atom is -0.338 e. The molecular weight excluding hydrogens is 240 g/mol. The third-order valence-electron chi connectivity index (χ3n) is 2.23. The molecule has 0 amide bonds. The maximum absolute atomic E-state index is 4.29. The maximum atomic E-state index is 4.29. The van der Waals surface area contributed by atoms with Crippen molar-refractivity contribution in [2.75, 3.05) is 0 Å². The van der Waals surface area contributed by atoms with Gasteiger partial charge in [-0.1, -0.05) is 34.1 Å². The molecule has 0 bridgehead atoms. The quantitative estimate of drug-likeness (QED) is 0.802. The Kier molecular flexibility index (Phi) is 2.68. The van der Waals surface area contributed by atoms with Gasteiger partial charge < -0.3 is 4.57 Å². The van der Waals surface area contributed by atoms with E-state index in [9.17, 15) is 0 Å². The summed E-state index contributed by atoms with van der Waals surface area (Å²) in [6, 6.07) is 8.23. The minimum atomic E-state index is 0.866. The molecule has 2 rings (SSSR count). The number of aryl methyl sites for hydroxylation is 1. The van der Waals surface area contributed by atoms with E-state index < -0.39 is 0 Å². The lowest BCUT2D eigenvalue weighted by atomic mass is 10.1. The standard InChI is InChI=1S/C11H11BrN2/c1-14-7-6-13-11(14)8-9-4-2-3-5-10(9)12/h2-7H,8H2,1H3. The Morgan fingerprint density at radius 1 is 1.36 bits per heavy atom. The molecule has 0 spiro atoms. The van der Waals surface area contributed by atoms with E-state index in [1.165, 1.54) is 5.56 Å². The van der Waals surface area contributed by atoms with Crippen LogP contribution >= 0.6 is 15.9 Å². The molecule has 2 aromatic rings. The first-order valence-electron chi connectivity index (χ1n) is 4.47. The zero-order valence-corrected chi connectivity index (χ0v) is 9.53. The van der Waals surface area contributed by atoms with Crippen molar-refractivity contribution in [2.45, 2.75) is 6.42 Å². The molecule has 0 saturated carbocycles. The van der Waals surface area contributed by atoms with E-state index in [1.54, 1.807) is 0 Å². The lowest BCUT2D eigenvalue weighted by Crippen LogP contribution is -1.98. The van der Waals surface area contributed by atoms with Crippen LogP contribution < -0.4 is 0 Å². The number of hydrogen-bond acceptors (Lipinski definition) is 1. The number of halogens is 1. The van der Waals surface area contributed by atoms with Crippen LogP contribution in [-0.4, -0.2) is 9.55 Å². The highest BCUT2D eigenvalue weighted by molar-refractivity contribution is 9.10. The molecule has 1 aromatic heterocycles. The van der Waals surface area contributed by atoms with Gasteiger partial charge in [-0.2, -0.15) is 0 Å². The summed E-state index contributed by atoms with van der Waals surface area (Å²) in [5.41, 5.74) is 1.27. The summed E-state index contributed by atoms with van der Waals surface area (Å²) in [7, 11) is 2.01. The fraction of sp³-hybridized carbons (Fsp3) is 0.182. The molecule has 3 heteroatoms. The van der Waals surface area contributed by atoms with Crippen molar-refractivity contribution in [3.63, 3.8) is 0 Å². The summed E-state index contributed by atoms with van der Waals surface area (Å²) in [4.78, 5) is 4.29. The second-order valence-corrected chi connectivity index (χ2v) is 4.08. The van der Waals surface area contributed by atoms with Gasteiger partial charge in [-0.15, -0.1) is 0 Å². The number of imidazole rings is 1. The van der Waals surface area contributed by atoms with Gasteiger partial charge in [0.1, 0.15) is 5.82 Å². The molecule has 1 aromatic carbocycles. The molecule has 0 aliphatic rings. The fourth-order valence-electron chi connectivity index (χ4n) is 1.38. The fourth-order valence-corrected chi connectivity index (χ4v) is 1.80. The maximum Gasteiger partial charge on any atom is 0.112 e. The van der Waals surface area contributed by atoms with Gasteiger partial charge in [0, 0.05) is 30.3 Å². The van der Waals surface area contributed by atoms with Gasteiger partial charge in [-0.25, -0.2) is 4.98 Å². The molecule has 0 aliphatic heterocycles. The lowest BCUT2D eigenvalue weighted by Gasteiger charge is -2.03. The van der Waals surface area contributed by atoms with Crippen LogP contribution in [0.3, 0.4) is 0 Å². The molecule has 2 nitrogen and oxygen atoms in total. The first-order chi connectivity index (χ1) is 6.77. The highest BCUT2D eigenvalue weighted by Gasteiger charge is 2.03. The van der Waals surface area contributed by atoms with Gasteiger partial charge in [0.05, 0.1) is 0 Å². The lowest BCUT2D eigenvalue weighted by molar-refractivity contribution is 0.820. The Morgan fingerprint density at radius 3 is 2.79 bits per heavy atom. The van der Waals surface area contributed by atoms with E-state index in [4.69, 9.17) is 0 Å². The predicted molar refractivity (Wildman–Crippen MR) is 60.2 cm³/mol. The zero-order chi connectivity index (χ0) is 9.97. The number of aromatic nitrogens is 2. The summed E-state index contributed by atoms with van der Waals surface area (Å²) >= 11 is 3.53. The van der Waals surface area contributed by atoms with E-state index in [0.717, 1.165) is 16.7 Å². The van der Waals surface area contributed by atoms with Crippen molar-refractivity contribution < 1.29 is 0 Å². The van der Waals surface area contributed by atoms with Crippen molar-refractivity contribution in [1.29, 1.82) is 0 Å². The summed E-state index contributed by atoms with van der Waals surface area (Å²) < 4.78 is 3.18. The summed E-state index contributed by atoms with van der Waals surface area (Å²) in [6.45, 7) is 0. The van der Waals surface area contributed by atoms with E-state index in [0.29, 0.717) is 0 Å². The van der Waals surface area contributed by atoms with Gasteiger partial charge in [0.15, 0.2) is 0 Å². The highest BCUT2D eigenvalue weighted by atomic mass is 79.9. The second-order valence-electron chi connectivity index (χ2n) is 3.22. The third kappa shape index (κ3) is 1.87. The summed E-state index contributed by atoms with van der Waals surface area (Å²) in [5.74, 6) is 1.08. The molecule has 0 unspecified atom stereocenters. The van der Waals surface area contributed by atoms with Crippen LogP contribution in [0, 0.1) is 0 Å². The Labute approximate surface area is 91.7 Å². The average molecular weight is 251 g/mol.